The van der Waals surface area contributed by atoms with Crippen LogP contribution in [0.15, 0.2) is 59.9 Å². The number of benzene rings is 2. The van der Waals surface area contributed by atoms with E-state index in [0.29, 0.717) is 28.6 Å². The Morgan fingerprint density at radius 2 is 1.92 bits per heavy atom. The number of nitrogens with zero attached hydrogens (tertiary/aromatic N) is 3. The van der Waals surface area contributed by atoms with Gasteiger partial charge in [0.1, 0.15) is 11.1 Å². The molecule has 36 heavy (non-hydrogen) atoms. The van der Waals surface area contributed by atoms with E-state index < -0.39 is 0 Å². The monoisotopic (exact) mass is 478 g/mol. The Hall–Kier alpha value is -3.71. The van der Waals surface area contributed by atoms with Crippen LogP contribution in [0.3, 0.4) is 0 Å². The molecule has 3 aliphatic rings. The van der Waals surface area contributed by atoms with E-state index in [0.717, 1.165) is 43.5 Å². The van der Waals surface area contributed by atoms with Gasteiger partial charge in [0.15, 0.2) is 5.65 Å². The van der Waals surface area contributed by atoms with Gasteiger partial charge in [0.2, 0.25) is 5.95 Å². The van der Waals surface area contributed by atoms with Gasteiger partial charge in [-0.15, -0.1) is 0 Å². The molecular weight excluding hydrogens is 448 g/mol. The third-order valence-corrected chi connectivity index (χ3v) is 8.64. The molecule has 2 aromatic carbocycles. The van der Waals surface area contributed by atoms with Crippen molar-refractivity contribution >= 4 is 22.6 Å². The summed E-state index contributed by atoms with van der Waals surface area (Å²) in [6.45, 7) is 5.88. The highest BCUT2D eigenvalue weighted by Crippen LogP contribution is 2.50. The molecule has 7 heteroatoms. The maximum Gasteiger partial charge on any atom is 0.264 e. The highest BCUT2D eigenvalue weighted by atomic mass is 16.1. The van der Waals surface area contributed by atoms with Gasteiger partial charge in [0.05, 0.1) is 0 Å². The lowest BCUT2D eigenvalue weighted by atomic mass is 9.73. The first kappa shape index (κ1) is 21.6. The van der Waals surface area contributed by atoms with E-state index >= 15 is 0 Å². The van der Waals surface area contributed by atoms with E-state index in [1.165, 1.54) is 29.5 Å². The van der Waals surface area contributed by atoms with E-state index in [-0.39, 0.29) is 17.0 Å². The van der Waals surface area contributed by atoms with Gasteiger partial charge in [0, 0.05) is 24.7 Å². The molecule has 1 aliphatic heterocycles. The number of hydrogen-bond donors (Lipinski definition) is 3. The molecule has 1 saturated carbocycles. The van der Waals surface area contributed by atoms with Gasteiger partial charge in [-0.05, 0) is 65.7 Å². The number of aromatic nitrogens is 4. The zero-order valence-electron chi connectivity index (χ0n) is 20.3. The molecule has 4 N–H and O–H groups in total. The van der Waals surface area contributed by atoms with Gasteiger partial charge in [0.25, 0.3) is 5.56 Å². The zero-order chi connectivity index (χ0) is 24.4. The summed E-state index contributed by atoms with van der Waals surface area (Å²) in [4.78, 5) is 23.2. The Morgan fingerprint density at radius 1 is 1.11 bits per heavy atom. The summed E-state index contributed by atoms with van der Waals surface area (Å²) in [5.74, 6) is 1.24. The van der Waals surface area contributed by atoms with Crippen LogP contribution in [0.4, 0.5) is 5.95 Å². The fourth-order valence-electron chi connectivity index (χ4n) is 6.30. The zero-order valence-corrected chi connectivity index (χ0v) is 20.3. The molecule has 2 aromatic heterocycles. The van der Waals surface area contributed by atoms with Crippen molar-refractivity contribution in [3.63, 3.8) is 0 Å². The second-order valence-corrected chi connectivity index (χ2v) is 10.8. The molecule has 1 spiro atoms. The SMILES string of the molecule is C=C(c1cccc(C2CC2)c1)c1n[nH]c2nc(N3CCC4(CC3)Cc3ccccc3[C@H]4N)[nH]c(=O)c12. The lowest BCUT2D eigenvalue weighted by Gasteiger charge is -2.42. The Bertz CT molecular complexity index is 1550. The van der Waals surface area contributed by atoms with Crippen LogP contribution in [0.5, 0.6) is 0 Å². The van der Waals surface area contributed by atoms with Crippen molar-refractivity contribution in [2.75, 3.05) is 18.0 Å². The van der Waals surface area contributed by atoms with Crippen LogP contribution in [0.1, 0.15) is 65.6 Å². The molecule has 1 saturated heterocycles. The van der Waals surface area contributed by atoms with Gasteiger partial charge >= 0.3 is 0 Å². The van der Waals surface area contributed by atoms with Crippen molar-refractivity contribution in [1.82, 2.24) is 20.2 Å². The van der Waals surface area contributed by atoms with Crippen LogP contribution in [-0.4, -0.2) is 33.3 Å². The van der Waals surface area contributed by atoms with Crippen LogP contribution in [0.25, 0.3) is 16.6 Å². The summed E-state index contributed by atoms with van der Waals surface area (Å²) in [7, 11) is 0. The van der Waals surface area contributed by atoms with Gasteiger partial charge in [-0.25, -0.2) is 0 Å². The van der Waals surface area contributed by atoms with Crippen LogP contribution in [-0.2, 0) is 6.42 Å². The summed E-state index contributed by atoms with van der Waals surface area (Å²) >= 11 is 0. The number of aromatic amines is 2. The minimum Gasteiger partial charge on any atom is -0.342 e. The van der Waals surface area contributed by atoms with E-state index in [9.17, 15) is 4.79 Å². The number of piperidine rings is 1. The van der Waals surface area contributed by atoms with E-state index in [2.05, 4.69) is 69.1 Å². The predicted molar refractivity (Wildman–Crippen MR) is 142 cm³/mol. The molecule has 4 aromatic rings. The maximum absolute atomic E-state index is 13.3. The first-order valence-corrected chi connectivity index (χ1v) is 12.9. The van der Waals surface area contributed by atoms with Crippen LogP contribution >= 0.6 is 0 Å². The second kappa shape index (κ2) is 7.90. The molecule has 0 unspecified atom stereocenters. The number of nitrogens with two attached hydrogens (primary N) is 1. The second-order valence-electron chi connectivity index (χ2n) is 10.8. The van der Waals surface area contributed by atoms with Crippen LogP contribution < -0.4 is 16.2 Å². The molecule has 7 nitrogen and oxygen atoms in total. The highest BCUT2D eigenvalue weighted by Gasteiger charge is 2.46. The number of rotatable bonds is 4. The fraction of sp³-hybridized carbons (Fsp3) is 0.345. The van der Waals surface area contributed by atoms with Gasteiger partial charge in [-0.3, -0.25) is 14.9 Å². The first-order chi connectivity index (χ1) is 17.5. The Labute approximate surface area is 209 Å². The molecule has 2 aliphatic carbocycles. The van der Waals surface area contributed by atoms with Crippen molar-refractivity contribution in [2.45, 2.75) is 44.1 Å². The van der Waals surface area contributed by atoms with Crippen molar-refractivity contribution in [2.24, 2.45) is 11.1 Å². The average Bonchev–Trinajstić information content (AvgIpc) is 3.61. The number of H-pyrrole nitrogens is 2. The van der Waals surface area contributed by atoms with Gasteiger partial charge in [-0.1, -0.05) is 55.1 Å². The molecule has 0 amide bonds. The minimum absolute atomic E-state index is 0.0601. The Morgan fingerprint density at radius 3 is 2.69 bits per heavy atom. The van der Waals surface area contributed by atoms with Gasteiger partial charge in [-0.2, -0.15) is 10.1 Å². The molecular formula is C29H30N6O. The molecule has 3 heterocycles. The van der Waals surface area contributed by atoms with Crippen LogP contribution in [0.2, 0.25) is 0 Å². The van der Waals surface area contributed by atoms with E-state index in [1.807, 2.05) is 6.07 Å². The minimum atomic E-state index is -0.191. The summed E-state index contributed by atoms with van der Waals surface area (Å²) in [5, 5.41) is 7.91. The summed E-state index contributed by atoms with van der Waals surface area (Å²) < 4.78 is 0. The largest absolute Gasteiger partial charge is 0.342 e. The topological polar surface area (TPSA) is 104 Å². The molecule has 2 fully saturated rings. The Balaban J connectivity index is 1.14. The molecule has 182 valence electrons. The van der Waals surface area contributed by atoms with Gasteiger partial charge < -0.3 is 10.6 Å². The van der Waals surface area contributed by atoms with Crippen molar-refractivity contribution in [1.29, 1.82) is 0 Å². The number of anilines is 1. The maximum atomic E-state index is 13.3. The lowest BCUT2D eigenvalue weighted by Crippen LogP contribution is -2.45. The fourth-order valence-corrected chi connectivity index (χ4v) is 6.30. The standard InChI is InChI=1S/C29H30N6O/c1-17(19-6-4-7-20(15-19)18-9-10-18)24-23-26(34-33-24)31-28(32-27(23)36)35-13-11-29(12-14-35)16-21-5-2-3-8-22(21)25(29)30/h2-8,15,18,25H,1,9-14,16,30H2,(H2,31,32,33,34,36)/t25-/m1/s1. The summed E-state index contributed by atoms with van der Waals surface area (Å²) in [6.07, 6.45) is 5.43. The number of hydrogen-bond acceptors (Lipinski definition) is 5. The summed E-state index contributed by atoms with van der Waals surface area (Å²) in [6, 6.07) is 17.0. The molecule has 0 bridgehead atoms. The Kier molecular flexibility index (Phi) is 4.73. The third kappa shape index (κ3) is 3.33. The molecule has 0 radical (unpaired) electrons. The quantitative estimate of drug-likeness (QED) is 0.403. The van der Waals surface area contributed by atoms with Crippen LogP contribution in [0, 0.1) is 5.41 Å². The van der Waals surface area contributed by atoms with Crippen molar-refractivity contribution in [3.05, 3.63) is 93.4 Å². The number of fused-ring (bicyclic) bond motifs is 2. The molecule has 1 atom stereocenters. The first-order valence-electron chi connectivity index (χ1n) is 12.9. The predicted octanol–water partition coefficient (Wildman–Crippen LogP) is 4.43. The number of nitrogens with one attached hydrogen (secondary N) is 2. The van der Waals surface area contributed by atoms with Crippen molar-refractivity contribution in [3.8, 4) is 0 Å². The smallest absolute Gasteiger partial charge is 0.264 e. The van der Waals surface area contributed by atoms with E-state index in [1.54, 1.807) is 0 Å². The van der Waals surface area contributed by atoms with E-state index in [4.69, 9.17) is 10.7 Å². The normalized spacial score (nSPS) is 20.7. The lowest BCUT2D eigenvalue weighted by molar-refractivity contribution is 0.187. The third-order valence-electron chi connectivity index (χ3n) is 8.64. The average molecular weight is 479 g/mol. The highest BCUT2D eigenvalue weighted by molar-refractivity contribution is 5.92. The summed E-state index contributed by atoms with van der Waals surface area (Å²) in [5.41, 5.74) is 13.4. The van der Waals surface area contributed by atoms with Crippen molar-refractivity contribution < 1.29 is 0 Å². The molecule has 7 rings (SSSR count).